The number of hydrogen-bond acceptors (Lipinski definition) is 3. The Bertz CT molecular complexity index is 552. The molecule has 2 atom stereocenters. The lowest BCUT2D eigenvalue weighted by Crippen LogP contribution is -2.49. The van der Waals surface area contributed by atoms with Gasteiger partial charge in [0.25, 0.3) is 0 Å². The lowest BCUT2D eigenvalue weighted by atomic mass is 9.73. The van der Waals surface area contributed by atoms with E-state index in [2.05, 4.69) is 10.0 Å². The van der Waals surface area contributed by atoms with Crippen molar-refractivity contribution in [3.63, 3.8) is 0 Å². The number of rotatable bonds is 2. The van der Waals surface area contributed by atoms with Crippen molar-refractivity contribution in [1.82, 2.24) is 10.0 Å². The molecule has 0 bridgehead atoms. The number of hydrogen-bond donors (Lipinski definition) is 2. The third-order valence-electron chi connectivity index (χ3n) is 4.97. The van der Waals surface area contributed by atoms with Gasteiger partial charge >= 0.3 is 0 Å². The van der Waals surface area contributed by atoms with Crippen LogP contribution in [0.2, 0.25) is 0 Å². The van der Waals surface area contributed by atoms with Gasteiger partial charge in [0.1, 0.15) is 10.6 Å². The molecule has 0 unspecified atom stereocenters. The fourth-order valence-electron chi connectivity index (χ4n) is 3.70. The van der Waals surface area contributed by atoms with E-state index in [4.69, 9.17) is 0 Å². The highest BCUT2D eigenvalue weighted by Gasteiger charge is 2.50. The van der Waals surface area contributed by atoms with Crippen molar-refractivity contribution in [2.75, 3.05) is 13.1 Å². The summed E-state index contributed by atoms with van der Waals surface area (Å²) in [7, 11) is 0. The van der Waals surface area contributed by atoms with Crippen LogP contribution in [0.3, 0.4) is 0 Å². The number of halogens is 1. The highest BCUT2D eigenvalue weighted by atomic mass is 32.2. The van der Waals surface area contributed by atoms with E-state index in [0.717, 1.165) is 43.5 Å². The maximum absolute atomic E-state index is 14.5. The van der Waals surface area contributed by atoms with Gasteiger partial charge in [-0.1, -0.05) is 12.1 Å². The van der Waals surface area contributed by atoms with Gasteiger partial charge in [-0.05, 0) is 64.8 Å². The Kier molecular flexibility index (Phi) is 4.27. The molecule has 2 N–H and O–H groups in total. The molecule has 1 spiro atoms. The van der Waals surface area contributed by atoms with Gasteiger partial charge in [0, 0.05) is 22.3 Å². The first-order valence-electron chi connectivity index (χ1n) is 8.00. The summed E-state index contributed by atoms with van der Waals surface area (Å²) in [5.41, 5.74) is 1.80. The van der Waals surface area contributed by atoms with Crippen LogP contribution in [0.25, 0.3) is 0 Å². The Morgan fingerprint density at radius 1 is 1.32 bits per heavy atom. The molecule has 1 fully saturated rings. The van der Waals surface area contributed by atoms with Gasteiger partial charge in [-0.25, -0.2) is 4.39 Å². The molecule has 1 heterocycles. The lowest BCUT2D eigenvalue weighted by molar-refractivity contribution is 0.162. The van der Waals surface area contributed by atoms with Gasteiger partial charge in [-0.15, -0.1) is 4.72 Å². The van der Waals surface area contributed by atoms with Crippen molar-refractivity contribution in [2.24, 2.45) is 5.41 Å². The SMILES string of the molecule is CC(C)(C)[S@+]([O-])N[C@H]1c2c(F)cccc2CC12CCNCC2. The smallest absolute Gasteiger partial charge is 0.136 e. The van der Waals surface area contributed by atoms with E-state index < -0.39 is 11.4 Å². The maximum Gasteiger partial charge on any atom is 0.136 e. The Morgan fingerprint density at radius 2 is 2.00 bits per heavy atom. The molecule has 0 saturated carbocycles. The molecule has 5 heteroatoms. The largest absolute Gasteiger partial charge is 0.598 e. The average Bonchev–Trinajstić information content (AvgIpc) is 2.73. The average molecular weight is 324 g/mol. The molecule has 1 aromatic rings. The van der Waals surface area contributed by atoms with Crippen LogP contribution in [0.5, 0.6) is 0 Å². The Labute approximate surface area is 135 Å². The zero-order chi connectivity index (χ0) is 16.0. The molecule has 1 aliphatic carbocycles. The summed E-state index contributed by atoms with van der Waals surface area (Å²) in [6, 6.07) is 5.16. The van der Waals surface area contributed by atoms with Gasteiger partial charge in [0.15, 0.2) is 0 Å². The summed E-state index contributed by atoms with van der Waals surface area (Å²) < 4.78 is 30.0. The van der Waals surface area contributed by atoms with Crippen molar-refractivity contribution < 1.29 is 8.94 Å². The summed E-state index contributed by atoms with van der Waals surface area (Å²) >= 11 is -1.21. The highest BCUT2D eigenvalue weighted by molar-refractivity contribution is 7.90. The third kappa shape index (κ3) is 2.80. The summed E-state index contributed by atoms with van der Waals surface area (Å²) in [5, 5.41) is 3.38. The van der Waals surface area contributed by atoms with Gasteiger partial charge in [-0.3, -0.25) is 0 Å². The first-order valence-corrected chi connectivity index (χ1v) is 9.15. The van der Waals surface area contributed by atoms with Crippen LogP contribution in [0, 0.1) is 11.2 Å². The normalized spacial score (nSPS) is 25.2. The summed E-state index contributed by atoms with van der Waals surface area (Å²) in [4.78, 5) is 0. The molecule has 1 aromatic carbocycles. The molecule has 3 nitrogen and oxygen atoms in total. The summed E-state index contributed by atoms with van der Waals surface area (Å²) in [6.07, 6.45) is 2.85. The summed E-state index contributed by atoms with van der Waals surface area (Å²) in [6.45, 7) is 7.72. The zero-order valence-corrected chi connectivity index (χ0v) is 14.4. The van der Waals surface area contributed by atoms with Crippen LogP contribution < -0.4 is 10.0 Å². The van der Waals surface area contributed by atoms with Crippen LogP contribution in [0.15, 0.2) is 18.2 Å². The van der Waals surface area contributed by atoms with Gasteiger partial charge < -0.3 is 9.87 Å². The van der Waals surface area contributed by atoms with E-state index in [9.17, 15) is 8.94 Å². The molecule has 2 aliphatic rings. The van der Waals surface area contributed by atoms with E-state index in [1.165, 1.54) is 6.07 Å². The standard InChI is InChI=1S/C17H25FN2OS/c1-16(2,3)22(21)20-15-14-12(5-4-6-13(14)18)11-17(15)7-9-19-10-8-17/h4-6,15,19-20H,7-11H2,1-3H3/t15-,22-/m0/s1. The Hall–Kier alpha value is -0.620. The molecular weight excluding hydrogens is 299 g/mol. The van der Waals surface area contributed by atoms with Gasteiger partial charge in [-0.2, -0.15) is 0 Å². The van der Waals surface area contributed by atoms with E-state index in [-0.39, 0.29) is 22.0 Å². The van der Waals surface area contributed by atoms with Crippen molar-refractivity contribution in [2.45, 2.75) is 50.8 Å². The van der Waals surface area contributed by atoms with E-state index in [1.807, 2.05) is 26.8 Å². The van der Waals surface area contributed by atoms with Crippen LogP contribution in [0.4, 0.5) is 4.39 Å². The molecule has 22 heavy (non-hydrogen) atoms. The zero-order valence-electron chi connectivity index (χ0n) is 13.5. The Morgan fingerprint density at radius 3 is 2.64 bits per heavy atom. The minimum absolute atomic E-state index is 0.0172. The first-order chi connectivity index (χ1) is 10.3. The van der Waals surface area contributed by atoms with Crippen molar-refractivity contribution in [3.05, 3.63) is 35.1 Å². The van der Waals surface area contributed by atoms with Crippen LogP contribution in [-0.4, -0.2) is 22.4 Å². The molecule has 0 radical (unpaired) electrons. The van der Waals surface area contributed by atoms with Crippen molar-refractivity contribution >= 4 is 11.4 Å². The molecule has 0 amide bonds. The predicted octanol–water partition coefficient (Wildman–Crippen LogP) is 2.84. The first kappa shape index (κ1) is 16.2. The number of piperidine rings is 1. The topological polar surface area (TPSA) is 47.1 Å². The molecule has 3 rings (SSSR count). The van der Waals surface area contributed by atoms with Crippen LogP contribution >= 0.6 is 0 Å². The summed E-state index contributed by atoms with van der Waals surface area (Å²) in [5.74, 6) is -0.170. The van der Waals surface area contributed by atoms with Crippen molar-refractivity contribution in [1.29, 1.82) is 0 Å². The number of benzene rings is 1. The molecular formula is C17H25FN2OS. The fraction of sp³-hybridized carbons (Fsp3) is 0.647. The molecule has 0 aromatic heterocycles. The second kappa shape index (κ2) is 5.78. The lowest BCUT2D eigenvalue weighted by Gasteiger charge is -2.40. The van der Waals surface area contributed by atoms with E-state index in [1.54, 1.807) is 6.07 Å². The monoisotopic (exact) mass is 324 g/mol. The van der Waals surface area contributed by atoms with Crippen molar-refractivity contribution in [3.8, 4) is 0 Å². The number of nitrogens with one attached hydrogen (secondary N) is 2. The van der Waals surface area contributed by atoms with Gasteiger partial charge in [0.2, 0.25) is 0 Å². The maximum atomic E-state index is 14.5. The number of fused-ring (bicyclic) bond motifs is 1. The molecule has 1 saturated heterocycles. The van der Waals surface area contributed by atoms with Crippen LogP contribution in [-0.2, 0) is 17.8 Å². The highest BCUT2D eigenvalue weighted by Crippen LogP contribution is 2.52. The van der Waals surface area contributed by atoms with E-state index in [0.29, 0.717) is 0 Å². The second-order valence-electron chi connectivity index (χ2n) is 7.53. The predicted molar refractivity (Wildman–Crippen MR) is 88.4 cm³/mol. The molecule has 122 valence electrons. The van der Waals surface area contributed by atoms with Gasteiger partial charge in [0.05, 0.1) is 6.04 Å². The minimum Gasteiger partial charge on any atom is -0.598 e. The minimum atomic E-state index is -1.21. The fourth-order valence-corrected chi connectivity index (χ4v) is 4.64. The quantitative estimate of drug-likeness (QED) is 0.823. The third-order valence-corrected chi connectivity index (χ3v) is 6.53. The Balaban J connectivity index is 1.98. The molecule has 1 aliphatic heterocycles. The second-order valence-corrected chi connectivity index (χ2v) is 9.53. The van der Waals surface area contributed by atoms with Crippen LogP contribution in [0.1, 0.15) is 50.8 Å². The van der Waals surface area contributed by atoms with E-state index >= 15 is 0 Å².